The van der Waals surface area contributed by atoms with E-state index in [-0.39, 0.29) is 12.0 Å². The van der Waals surface area contributed by atoms with Crippen molar-refractivity contribution < 1.29 is 22.8 Å². The number of benzene rings is 1. The lowest BCUT2D eigenvalue weighted by atomic mass is 10.0. The van der Waals surface area contributed by atoms with Crippen molar-refractivity contribution in [3.8, 4) is 0 Å². The van der Waals surface area contributed by atoms with Crippen molar-refractivity contribution in [1.29, 1.82) is 0 Å². The average molecular weight is 421 g/mol. The number of alkyl halides is 3. The Morgan fingerprint density at radius 1 is 1.10 bits per heavy atom. The van der Waals surface area contributed by atoms with Gasteiger partial charge in [0.15, 0.2) is 0 Å². The van der Waals surface area contributed by atoms with Crippen LogP contribution in [0.4, 0.5) is 30.5 Å². The Labute approximate surface area is 172 Å². The van der Waals surface area contributed by atoms with E-state index in [0.717, 1.165) is 18.1 Å². The zero-order valence-corrected chi connectivity index (χ0v) is 16.6. The van der Waals surface area contributed by atoms with Crippen LogP contribution in [0.25, 0.3) is 0 Å². The minimum atomic E-state index is -4.49. The van der Waals surface area contributed by atoms with E-state index in [1.54, 1.807) is 17.0 Å². The number of piperidine rings is 1. The van der Waals surface area contributed by atoms with Gasteiger partial charge < -0.3 is 14.7 Å². The summed E-state index contributed by atoms with van der Waals surface area (Å²) < 4.78 is 38.1. The summed E-state index contributed by atoms with van der Waals surface area (Å²) in [6.07, 6.45) is -1.61. The van der Waals surface area contributed by atoms with Crippen LogP contribution in [0.2, 0.25) is 0 Å². The van der Waals surface area contributed by atoms with E-state index in [0.29, 0.717) is 37.9 Å². The van der Waals surface area contributed by atoms with E-state index >= 15 is 0 Å². The normalized spacial score (nSPS) is 15.0. The molecule has 0 N–H and O–H groups in total. The first-order valence-corrected chi connectivity index (χ1v) is 9.41. The smallest absolute Gasteiger partial charge is 0.376 e. The maximum absolute atomic E-state index is 12.7. The van der Waals surface area contributed by atoms with E-state index < -0.39 is 17.6 Å². The first kappa shape index (κ1) is 21.5. The number of aromatic nitrogens is 2. The van der Waals surface area contributed by atoms with Gasteiger partial charge in [0.1, 0.15) is 0 Å². The van der Waals surface area contributed by atoms with Crippen molar-refractivity contribution in [2.45, 2.75) is 25.1 Å². The number of rotatable bonds is 5. The van der Waals surface area contributed by atoms with E-state index in [4.69, 9.17) is 0 Å². The second-order valence-corrected chi connectivity index (χ2v) is 7.20. The average Bonchev–Trinajstić information content (AvgIpc) is 2.74. The standard InChI is InChI=1S/C20H22F3N5O2/c1-26(2)16-5-3-4-6-17(16)28(18(30)13-29)15-7-9-27(10-8-15)19-24-11-14(12-25-19)20(21,22)23/h3-6,11-13,15H,7-10H2,1-2H3. The summed E-state index contributed by atoms with van der Waals surface area (Å²) in [5.74, 6) is -0.420. The summed E-state index contributed by atoms with van der Waals surface area (Å²) in [4.78, 5) is 36.6. The lowest BCUT2D eigenvalue weighted by Crippen LogP contribution is -2.48. The third kappa shape index (κ3) is 4.52. The molecule has 10 heteroatoms. The molecule has 160 valence electrons. The van der Waals surface area contributed by atoms with E-state index in [9.17, 15) is 22.8 Å². The highest BCUT2D eigenvalue weighted by atomic mass is 19.4. The molecule has 0 saturated carbocycles. The Kier molecular flexibility index (Phi) is 6.23. The summed E-state index contributed by atoms with van der Waals surface area (Å²) in [5.41, 5.74) is 0.550. The number of halogens is 3. The number of anilines is 3. The van der Waals surface area contributed by atoms with Crippen LogP contribution in [0.5, 0.6) is 0 Å². The molecule has 1 aromatic carbocycles. The van der Waals surface area contributed by atoms with Crippen LogP contribution in [-0.4, -0.2) is 55.4 Å². The molecule has 0 atom stereocenters. The Balaban J connectivity index is 1.77. The SMILES string of the molecule is CN(C)c1ccccc1N(C(=O)C=O)C1CCN(c2ncc(C(F)(F)F)cn2)CC1. The highest BCUT2D eigenvalue weighted by Crippen LogP contribution is 2.33. The second-order valence-electron chi connectivity index (χ2n) is 7.20. The topological polar surface area (TPSA) is 69.6 Å². The Morgan fingerprint density at radius 2 is 1.67 bits per heavy atom. The first-order valence-electron chi connectivity index (χ1n) is 9.41. The van der Waals surface area contributed by atoms with Crippen molar-refractivity contribution in [1.82, 2.24) is 9.97 Å². The molecule has 0 aliphatic carbocycles. The maximum Gasteiger partial charge on any atom is 0.419 e. The second kappa shape index (κ2) is 8.68. The van der Waals surface area contributed by atoms with Gasteiger partial charge in [-0.15, -0.1) is 0 Å². The number of nitrogens with zero attached hydrogens (tertiary/aromatic N) is 5. The first-order chi connectivity index (χ1) is 14.2. The van der Waals surface area contributed by atoms with Crippen LogP contribution in [-0.2, 0) is 15.8 Å². The van der Waals surface area contributed by atoms with Gasteiger partial charge in [-0.2, -0.15) is 13.2 Å². The van der Waals surface area contributed by atoms with Gasteiger partial charge in [0.2, 0.25) is 12.2 Å². The predicted molar refractivity (Wildman–Crippen MR) is 107 cm³/mol. The van der Waals surface area contributed by atoms with E-state index in [1.165, 1.54) is 4.90 Å². The van der Waals surface area contributed by atoms with Crippen molar-refractivity contribution in [3.05, 3.63) is 42.2 Å². The highest BCUT2D eigenvalue weighted by Gasteiger charge is 2.33. The fourth-order valence-electron chi connectivity index (χ4n) is 3.55. The Morgan fingerprint density at radius 3 is 2.17 bits per heavy atom. The molecule has 1 amide bonds. The van der Waals surface area contributed by atoms with Crippen LogP contribution in [0.1, 0.15) is 18.4 Å². The van der Waals surface area contributed by atoms with Gasteiger partial charge in [-0.05, 0) is 25.0 Å². The molecular formula is C20H22F3N5O2. The summed E-state index contributed by atoms with van der Waals surface area (Å²) in [7, 11) is 3.71. The van der Waals surface area contributed by atoms with Crippen LogP contribution in [0.3, 0.4) is 0 Å². The highest BCUT2D eigenvalue weighted by molar-refractivity contribution is 6.31. The van der Waals surface area contributed by atoms with E-state index in [2.05, 4.69) is 9.97 Å². The van der Waals surface area contributed by atoms with Crippen LogP contribution < -0.4 is 14.7 Å². The number of amides is 1. The largest absolute Gasteiger partial charge is 0.419 e. The fraction of sp³-hybridized carbons (Fsp3) is 0.400. The molecular weight excluding hydrogens is 399 g/mol. The van der Waals surface area contributed by atoms with Gasteiger partial charge in [0.05, 0.1) is 16.9 Å². The molecule has 0 unspecified atom stereocenters. The lowest BCUT2D eigenvalue weighted by molar-refractivity contribution is -0.138. The van der Waals surface area contributed by atoms with Crippen LogP contribution in [0.15, 0.2) is 36.7 Å². The Bertz CT molecular complexity index is 894. The molecule has 1 aliphatic heterocycles. The van der Waals surface area contributed by atoms with E-state index in [1.807, 2.05) is 31.1 Å². The summed E-state index contributed by atoms with van der Waals surface area (Å²) in [5, 5.41) is 0. The zero-order valence-electron chi connectivity index (χ0n) is 16.6. The minimum absolute atomic E-state index is 0.211. The fourth-order valence-corrected chi connectivity index (χ4v) is 3.55. The minimum Gasteiger partial charge on any atom is -0.376 e. The zero-order chi connectivity index (χ0) is 21.9. The van der Waals surface area contributed by atoms with Crippen LogP contribution >= 0.6 is 0 Å². The molecule has 2 aromatic rings. The molecule has 30 heavy (non-hydrogen) atoms. The lowest BCUT2D eigenvalue weighted by Gasteiger charge is -2.39. The van der Waals surface area contributed by atoms with Gasteiger partial charge in [-0.3, -0.25) is 9.59 Å². The van der Waals surface area contributed by atoms with Gasteiger partial charge in [-0.1, -0.05) is 12.1 Å². The number of aldehydes is 1. The third-order valence-electron chi connectivity index (χ3n) is 5.04. The monoisotopic (exact) mass is 421 g/mol. The predicted octanol–water partition coefficient (Wildman–Crippen LogP) is 2.76. The molecule has 3 rings (SSSR count). The summed E-state index contributed by atoms with van der Waals surface area (Å²) in [6, 6.07) is 7.09. The molecule has 0 bridgehead atoms. The van der Waals surface area contributed by atoms with Gasteiger partial charge >= 0.3 is 6.18 Å². The molecule has 0 radical (unpaired) electrons. The molecule has 0 spiro atoms. The molecule has 1 aliphatic rings. The summed E-state index contributed by atoms with van der Waals surface area (Å²) in [6.45, 7) is 0.894. The van der Waals surface area contributed by atoms with Gasteiger partial charge in [0.25, 0.3) is 5.91 Å². The maximum atomic E-state index is 12.7. The molecule has 1 fully saturated rings. The molecule has 1 aromatic heterocycles. The molecule has 2 heterocycles. The number of para-hydroxylation sites is 2. The third-order valence-corrected chi connectivity index (χ3v) is 5.04. The van der Waals surface area contributed by atoms with Gasteiger partial charge in [-0.25, -0.2) is 9.97 Å². The van der Waals surface area contributed by atoms with Crippen molar-refractivity contribution >= 4 is 29.5 Å². The number of hydrogen-bond donors (Lipinski definition) is 0. The Hall–Kier alpha value is -3.17. The number of hydrogen-bond acceptors (Lipinski definition) is 6. The van der Waals surface area contributed by atoms with Gasteiger partial charge in [0, 0.05) is 45.6 Å². The quantitative estimate of drug-likeness (QED) is 0.546. The van der Waals surface area contributed by atoms with Crippen molar-refractivity contribution in [2.75, 3.05) is 41.9 Å². The molecule has 7 nitrogen and oxygen atoms in total. The number of carbonyl (C=O) groups is 2. The van der Waals surface area contributed by atoms with Crippen molar-refractivity contribution in [2.24, 2.45) is 0 Å². The molecule has 1 saturated heterocycles. The van der Waals surface area contributed by atoms with Crippen LogP contribution in [0, 0.1) is 0 Å². The van der Waals surface area contributed by atoms with Crippen molar-refractivity contribution in [3.63, 3.8) is 0 Å². The summed E-state index contributed by atoms with van der Waals surface area (Å²) >= 11 is 0. The number of carbonyl (C=O) groups excluding carboxylic acids is 2.